The zero-order valence-corrected chi connectivity index (χ0v) is 15.5. The van der Waals surface area contributed by atoms with E-state index in [1.807, 2.05) is 6.07 Å². The maximum Gasteiger partial charge on any atom is 0.230 e. The highest BCUT2D eigenvalue weighted by Crippen LogP contribution is 2.35. The van der Waals surface area contributed by atoms with Gasteiger partial charge in [0.15, 0.2) is 5.78 Å². The van der Waals surface area contributed by atoms with Crippen molar-refractivity contribution in [1.82, 2.24) is 4.90 Å². The summed E-state index contributed by atoms with van der Waals surface area (Å²) in [4.78, 5) is 37.9. The predicted molar refractivity (Wildman–Crippen MR) is 98.8 cm³/mol. The first-order valence-electron chi connectivity index (χ1n) is 7.82. The number of halogens is 2. The number of Topliss-reactive ketones (excluding diaryl/α,β-unsaturated/α-hetero) is 1. The van der Waals surface area contributed by atoms with E-state index in [4.69, 9.17) is 11.6 Å². The summed E-state index contributed by atoms with van der Waals surface area (Å²) in [7, 11) is 0. The lowest BCUT2D eigenvalue weighted by atomic mass is 9.96. The van der Waals surface area contributed by atoms with Crippen LogP contribution in [0.25, 0.3) is 0 Å². The van der Waals surface area contributed by atoms with Crippen molar-refractivity contribution in [3.05, 3.63) is 70.7 Å². The van der Waals surface area contributed by atoms with E-state index in [1.165, 1.54) is 4.90 Å². The van der Waals surface area contributed by atoms with Gasteiger partial charge in [0.05, 0.1) is 6.04 Å². The highest BCUT2D eigenvalue weighted by molar-refractivity contribution is 9.10. The molecule has 2 atom stereocenters. The fourth-order valence-corrected chi connectivity index (χ4v) is 3.95. The number of ketones is 1. The predicted octanol–water partition coefficient (Wildman–Crippen LogP) is 4.18. The van der Waals surface area contributed by atoms with Crippen LogP contribution >= 0.6 is 27.5 Å². The van der Waals surface area contributed by atoms with Crippen molar-refractivity contribution in [3.8, 4) is 0 Å². The Morgan fingerprint density at radius 2 is 1.64 bits per heavy atom. The Kier molecular flexibility index (Phi) is 5.35. The molecule has 1 aliphatic heterocycles. The minimum absolute atomic E-state index is 0.162. The minimum atomic E-state index is -0.764. The Hall–Kier alpha value is -1.98. The molecule has 6 heteroatoms. The van der Waals surface area contributed by atoms with Crippen molar-refractivity contribution in [2.75, 3.05) is 0 Å². The summed E-state index contributed by atoms with van der Waals surface area (Å²) in [6, 6.07) is 14.9. The SMILES string of the molecule is O=C(c1ccccc1)[C@H](Br)[C@@H](c1cccc(Cl)c1)N1C(=O)CCC1=O. The molecule has 0 unspecified atom stereocenters. The van der Waals surface area contributed by atoms with Gasteiger partial charge in [-0.05, 0) is 17.7 Å². The van der Waals surface area contributed by atoms with Crippen LogP contribution in [-0.4, -0.2) is 27.3 Å². The number of hydrogen-bond donors (Lipinski definition) is 0. The first-order chi connectivity index (χ1) is 12.0. The molecule has 0 aliphatic carbocycles. The van der Waals surface area contributed by atoms with Crippen LogP contribution in [0.4, 0.5) is 0 Å². The number of carbonyl (C=O) groups excluding carboxylic acids is 3. The Labute approximate surface area is 158 Å². The van der Waals surface area contributed by atoms with Crippen LogP contribution < -0.4 is 0 Å². The quantitative estimate of drug-likeness (QED) is 0.414. The molecule has 2 aromatic carbocycles. The molecular weight excluding hydrogens is 406 g/mol. The van der Waals surface area contributed by atoms with Crippen LogP contribution in [0.5, 0.6) is 0 Å². The second-order valence-corrected chi connectivity index (χ2v) is 7.21. The molecule has 0 bridgehead atoms. The monoisotopic (exact) mass is 419 g/mol. The number of imide groups is 1. The number of hydrogen-bond acceptors (Lipinski definition) is 3. The molecular formula is C19H15BrClNO3. The Morgan fingerprint density at radius 1 is 1.00 bits per heavy atom. The van der Waals surface area contributed by atoms with Crippen molar-refractivity contribution in [2.45, 2.75) is 23.7 Å². The van der Waals surface area contributed by atoms with Crippen LogP contribution in [0.2, 0.25) is 5.02 Å². The van der Waals surface area contributed by atoms with Gasteiger partial charge >= 0.3 is 0 Å². The molecule has 4 nitrogen and oxygen atoms in total. The van der Waals surface area contributed by atoms with E-state index < -0.39 is 10.9 Å². The molecule has 1 heterocycles. The van der Waals surface area contributed by atoms with Crippen molar-refractivity contribution < 1.29 is 14.4 Å². The average molecular weight is 421 g/mol. The van der Waals surface area contributed by atoms with Gasteiger partial charge in [0.1, 0.15) is 4.83 Å². The summed E-state index contributed by atoms with van der Waals surface area (Å²) < 4.78 is 0. The highest BCUT2D eigenvalue weighted by Gasteiger charge is 2.41. The van der Waals surface area contributed by atoms with Gasteiger partial charge in [0.2, 0.25) is 11.8 Å². The topological polar surface area (TPSA) is 54.5 Å². The van der Waals surface area contributed by atoms with Crippen LogP contribution in [-0.2, 0) is 9.59 Å². The van der Waals surface area contributed by atoms with E-state index in [1.54, 1.807) is 48.5 Å². The number of rotatable bonds is 5. The summed E-state index contributed by atoms with van der Waals surface area (Å²) in [5, 5.41) is 0.480. The van der Waals surface area contributed by atoms with Gasteiger partial charge in [0.25, 0.3) is 0 Å². The molecule has 2 amide bonds. The largest absolute Gasteiger partial charge is 0.293 e. The van der Waals surface area contributed by atoms with Crippen molar-refractivity contribution >= 4 is 45.1 Å². The number of nitrogens with zero attached hydrogens (tertiary/aromatic N) is 1. The second kappa shape index (κ2) is 7.50. The molecule has 0 aromatic heterocycles. The smallest absolute Gasteiger partial charge is 0.230 e. The first-order valence-corrected chi connectivity index (χ1v) is 9.12. The number of carbonyl (C=O) groups is 3. The third-order valence-electron chi connectivity index (χ3n) is 4.14. The summed E-state index contributed by atoms with van der Waals surface area (Å²) >= 11 is 9.52. The van der Waals surface area contributed by atoms with E-state index in [-0.39, 0.29) is 30.4 Å². The van der Waals surface area contributed by atoms with Gasteiger partial charge in [-0.15, -0.1) is 0 Å². The molecule has 1 aliphatic rings. The summed E-state index contributed by atoms with van der Waals surface area (Å²) in [5.41, 5.74) is 1.15. The number of amides is 2. The maximum atomic E-state index is 12.9. The van der Waals surface area contributed by atoms with Crippen LogP contribution in [0.3, 0.4) is 0 Å². The molecule has 1 saturated heterocycles. The first kappa shape index (κ1) is 17.8. The zero-order chi connectivity index (χ0) is 18.0. The minimum Gasteiger partial charge on any atom is -0.293 e. The molecule has 128 valence electrons. The molecule has 2 aromatic rings. The standard InChI is InChI=1S/C19H15BrClNO3/c20-17(19(25)12-5-2-1-3-6-12)18(13-7-4-8-14(21)11-13)22-15(23)9-10-16(22)24/h1-8,11,17-18H,9-10H2/t17-,18-/m1/s1. The molecule has 0 saturated carbocycles. The summed E-state index contributed by atoms with van der Waals surface area (Å²) in [6.07, 6.45) is 0.324. The van der Waals surface area contributed by atoms with E-state index in [2.05, 4.69) is 15.9 Å². The zero-order valence-electron chi connectivity index (χ0n) is 13.2. The Bertz CT molecular complexity index is 808. The number of benzene rings is 2. The van der Waals surface area contributed by atoms with Gasteiger partial charge in [-0.2, -0.15) is 0 Å². The third-order valence-corrected chi connectivity index (χ3v) is 5.30. The maximum absolute atomic E-state index is 12.9. The average Bonchev–Trinajstić information content (AvgIpc) is 2.94. The van der Waals surface area contributed by atoms with Gasteiger partial charge in [-0.1, -0.05) is 70.0 Å². The lowest BCUT2D eigenvalue weighted by Crippen LogP contribution is -2.40. The number of likely N-dealkylation sites (tertiary alicyclic amines) is 1. The van der Waals surface area contributed by atoms with E-state index in [0.717, 1.165) is 0 Å². The lowest BCUT2D eigenvalue weighted by molar-refractivity contribution is -0.141. The third kappa shape index (κ3) is 3.67. The molecule has 3 rings (SSSR count). The van der Waals surface area contributed by atoms with Gasteiger partial charge in [-0.3, -0.25) is 19.3 Å². The fraction of sp³-hybridized carbons (Fsp3) is 0.211. The lowest BCUT2D eigenvalue weighted by Gasteiger charge is -2.30. The van der Waals surface area contributed by atoms with Gasteiger partial charge in [0, 0.05) is 23.4 Å². The van der Waals surface area contributed by atoms with E-state index in [9.17, 15) is 14.4 Å². The summed E-state index contributed by atoms with van der Waals surface area (Å²) in [5.74, 6) is -0.751. The van der Waals surface area contributed by atoms with Crippen molar-refractivity contribution in [1.29, 1.82) is 0 Å². The second-order valence-electron chi connectivity index (χ2n) is 5.79. The molecule has 0 radical (unpaired) electrons. The van der Waals surface area contributed by atoms with Crippen LogP contribution in [0.15, 0.2) is 54.6 Å². The van der Waals surface area contributed by atoms with E-state index >= 15 is 0 Å². The molecule has 0 N–H and O–H groups in total. The highest BCUT2D eigenvalue weighted by atomic mass is 79.9. The van der Waals surface area contributed by atoms with E-state index in [0.29, 0.717) is 16.1 Å². The Morgan fingerprint density at radius 3 is 2.24 bits per heavy atom. The Balaban J connectivity index is 2.03. The molecule has 0 spiro atoms. The van der Waals surface area contributed by atoms with Gasteiger partial charge < -0.3 is 0 Å². The molecule has 25 heavy (non-hydrogen) atoms. The fourth-order valence-electron chi connectivity index (χ4n) is 2.95. The molecule has 1 fully saturated rings. The normalized spacial score (nSPS) is 16.8. The van der Waals surface area contributed by atoms with Crippen molar-refractivity contribution in [2.24, 2.45) is 0 Å². The van der Waals surface area contributed by atoms with Crippen molar-refractivity contribution in [3.63, 3.8) is 0 Å². The summed E-state index contributed by atoms with van der Waals surface area (Å²) in [6.45, 7) is 0. The number of alkyl halides is 1. The van der Waals surface area contributed by atoms with Gasteiger partial charge in [-0.25, -0.2) is 0 Å². The van der Waals surface area contributed by atoms with Crippen LogP contribution in [0, 0.1) is 0 Å². The van der Waals surface area contributed by atoms with Crippen LogP contribution in [0.1, 0.15) is 34.8 Å².